The van der Waals surface area contributed by atoms with Gasteiger partial charge in [0.1, 0.15) is 0 Å². The summed E-state index contributed by atoms with van der Waals surface area (Å²) in [5.41, 5.74) is 6.58. The minimum atomic E-state index is 0.520. The van der Waals surface area contributed by atoms with Crippen LogP contribution in [0.1, 0.15) is 28.7 Å². The maximum atomic E-state index is 8.96. The first-order valence-electron chi connectivity index (χ1n) is 9.12. The topological polar surface area (TPSA) is 78.2 Å². The van der Waals surface area contributed by atoms with Crippen LogP contribution in [0, 0.1) is 18.3 Å². The maximum absolute atomic E-state index is 8.96. The smallest absolute Gasteiger partial charge is 0.0924 e. The van der Waals surface area contributed by atoms with E-state index in [-0.39, 0.29) is 0 Å². The molecule has 0 fully saturated rings. The van der Waals surface area contributed by atoms with Crippen LogP contribution in [0.25, 0.3) is 34.2 Å². The molecule has 0 aliphatic rings. The molecule has 5 heteroatoms. The first-order chi connectivity index (χ1) is 13.7. The molecule has 2 aromatic carbocycles. The fourth-order valence-electron chi connectivity index (χ4n) is 3.35. The Morgan fingerprint density at radius 2 is 2.04 bits per heavy atom. The number of H-pyrrole nitrogens is 1. The van der Waals surface area contributed by atoms with Crippen molar-refractivity contribution in [1.82, 2.24) is 20.2 Å². The van der Waals surface area contributed by atoms with Crippen molar-refractivity contribution in [2.45, 2.75) is 19.8 Å². The zero-order valence-corrected chi connectivity index (χ0v) is 15.6. The van der Waals surface area contributed by atoms with Crippen molar-refractivity contribution in [3.8, 4) is 17.3 Å². The average Bonchev–Trinajstić information content (AvgIpc) is 3.26. The average molecular weight is 365 g/mol. The summed E-state index contributed by atoms with van der Waals surface area (Å²) in [4.78, 5) is 7.33. The summed E-state index contributed by atoms with van der Waals surface area (Å²) in [6, 6.07) is 12.9. The summed E-state index contributed by atoms with van der Waals surface area (Å²) in [7, 11) is 0. The summed E-state index contributed by atoms with van der Waals surface area (Å²) >= 11 is 0. The molecule has 0 spiro atoms. The number of nitriles is 1. The van der Waals surface area contributed by atoms with E-state index in [1.807, 2.05) is 18.3 Å². The Balaban J connectivity index is 1.87. The van der Waals surface area contributed by atoms with Crippen LogP contribution in [-0.4, -0.2) is 20.2 Å². The number of aromatic amines is 1. The second-order valence-corrected chi connectivity index (χ2v) is 6.70. The number of hydrogen-bond acceptors (Lipinski definition) is 4. The molecule has 136 valence electrons. The molecular weight excluding hydrogens is 346 g/mol. The highest BCUT2D eigenvalue weighted by Crippen LogP contribution is 2.30. The number of aromatic nitrogens is 4. The molecule has 5 nitrogen and oxygen atoms in total. The molecule has 2 heterocycles. The zero-order chi connectivity index (χ0) is 19.3. The van der Waals surface area contributed by atoms with Crippen molar-refractivity contribution in [1.29, 1.82) is 5.26 Å². The van der Waals surface area contributed by atoms with Gasteiger partial charge in [-0.25, -0.2) is 4.98 Å². The number of hydrogen-bond donors (Lipinski definition) is 1. The molecule has 0 saturated carbocycles. The standard InChI is InChI=1S/C23H19N5/c1-16-9-20-11-21(23-14-25-15-26-23)10-19(5-4-17-6-8-27-28-13-17)22(20)12-18(16)3-2-7-24/h4-6,8-15H,2-3H2,1H3,(H,25,26)/b5-4+. The van der Waals surface area contributed by atoms with E-state index in [0.29, 0.717) is 6.42 Å². The molecule has 0 aliphatic carbocycles. The highest BCUT2D eigenvalue weighted by Gasteiger charge is 2.09. The van der Waals surface area contributed by atoms with E-state index in [1.165, 1.54) is 16.5 Å². The lowest BCUT2D eigenvalue weighted by molar-refractivity contribution is 1.000. The van der Waals surface area contributed by atoms with Crippen molar-refractivity contribution >= 4 is 22.9 Å². The van der Waals surface area contributed by atoms with Crippen molar-refractivity contribution in [2.75, 3.05) is 0 Å². The van der Waals surface area contributed by atoms with Gasteiger partial charge in [0.25, 0.3) is 0 Å². The van der Waals surface area contributed by atoms with Gasteiger partial charge in [-0.3, -0.25) is 0 Å². The Morgan fingerprint density at radius 1 is 1.11 bits per heavy atom. The molecule has 4 aromatic rings. The number of imidazole rings is 1. The molecule has 0 saturated heterocycles. The summed E-state index contributed by atoms with van der Waals surface area (Å²) in [5, 5.41) is 19.0. The third-order valence-corrected chi connectivity index (χ3v) is 4.82. The van der Waals surface area contributed by atoms with Gasteiger partial charge < -0.3 is 4.98 Å². The Bertz CT molecular complexity index is 1170. The third kappa shape index (κ3) is 3.67. The summed E-state index contributed by atoms with van der Waals surface area (Å²) in [6.45, 7) is 2.10. The molecule has 0 aliphatic heterocycles. The number of fused-ring (bicyclic) bond motifs is 1. The van der Waals surface area contributed by atoms with Crippen LogP contribution < -0.4 is 0 Å². The van der Waals surface area contributed by atoms with E-state index in [9.17, 15) is 0 Å². The molecular formula is C23H19N5. The van der Waals surface area contributed by atoms with Crippen LogP contribution in [0.4, 0.5) is 0 Å². The van der Waals surface area contributed by atoms with Crippen LogP contribution in [0.3, 0.4) is 0 Å². The first kappa shape index (κ1) is 17.6. The molecule has 2 aromatic heterocycles. The van der Waals surface area contributed by atoms with Gasteiger partial charge in [0.15, 0.2) is 0 Å². The number of nitrogens with one attached hydrogen (secondary N) is 1. The predicted molar refractivity (Wildman–Crippen MR) is 111 cm³/mol. The maximum Gasteiger partial charge on any atom is 0.0924 e. The Morgan fingerprint density at radius 3 is 2.79 bits per heavy atom. The van der Waals surface area contributed by atoms with Crippen LogP contribution >= 0.6 is 0 Å². The van der Waals surface area contributed by atoms with Gasteiger partial charge in [-0.05, 0) is 64.6 Å². The molecule has 0 amide bonds. The monoisotopic (exact) mass is 365 g/mol. The SMILES string of the molecule is Cc1cc2cc(-c3cnc[nH]3)cc(/C=C/c3ccnnc3)c2cc1CCC#N. The van der Waals surface area contributed by atoms with Crippen molar-refractivity contribution in [2.24, 2.45) is 0 Å². The Hall–Kier alpha value is -3.78. The van der Waals surface area contributed by atoms with E-state index in [2.05, 4.69) is 63.5 Å². The molecule has 1 N–H and O–H groups in total. The van der Waals surface area contributed by atoms with Crippen molar-refractivity contribution in [3.63, 3.8) is 0 Å². The second-order valence-electron chi connectivity index (χ2n) is 6.70. The second kappa shape index (κ2) is 7.85. The number of benzene rings is 2. The van der Waals surface area contributed by atoms with E-state index in [1.54, 1.807) is 18.7 Å². The van der Waals surface area contributed by atoms with Gasteiger partial charge >= 0.3 is 0 Å². The first-order valence-corrected chi connectivity index (χ1v) is 9.12. The summed E-state index contributed by atoms with van der Waals surface area (Å²) in [5.74, 6) is 0. The lowest BCUT2D eigenvalue weighted by Gasteiger charge is -2.11. The number of rotatable bonds is 5. The molecule has 0 atom stereocenters. The molecule has 0 bridgehead atoms. The zero-order valence-electron chi connectivity index (χ0n) is 15.6. The summed E-state index contributed by atoms with van der Waals surface area (Å²) in [6.07, 6.45) is 12.4. The number of aryl methyl sites for hydroxylation is 2. The van der Waals surface area contributed by atoms with Crippen LogP contribution in [0.2, 0.25) is 0 Å². The fourth-order valence-corrected chi connectivity index (χ4v) is 3.35. The molecule has 0 unspecified atom stereocenters. The normalized spacial score (nSPS) is 11.1. The quantitative estimate of drug-likeness (QED) is 0.542. The van der Waals surface area contributed by atoms with Gasteiger partial charge in [0, 0.05) is 12.0 Å². The van der Waals surface area contributed by atoms with Gasteiger partial charge in [0.2, 0.25) is 0 Å². The van der Waals surface area contributed by atoms with Gasteiger partial charge in [-0.2, -0.15) is 15.5 Å². The minimum absolute atomic E-state index is 0.520. The number of nitrogens with zero attached hydrogens (tertiary/aromatic N) is 4. The Kier molecular flexibility index (Phi) is 4.94. The van der Waals surface area contributed by atoms with E-state index in [0.717, 1.165) is 34.2 Å². The minimum Gasteiger partial charge on any atom is -0.345 e. The summed E-state index contributed by atoms with van der Waals surface area (Å²) < 4.78 is 0. The van der Waals surface area contributed by atoms with Crippen molar-refractivity contribution < 1.29 is 0 Å². The lowest BCUT2D eigenvalue weighted by Crippen LogP contribution is -1.92. The Labute approximate surface area is 163 Å². The molecule has 28 heavy (non-hydrogen) atoms. The highest BCUT2D eigenvalue weighted by atomic mass is 15.1. The third-order valence-electron chi connectivity index (χ3n) is 4.82. The predicted octanol–water partition coefficient (Wildman–Crippen LogP) is 4.95. The van der Waals surface area contributed by atoms with Gasteiger partial charge in [0.05, 0.1) is 36.7 Å². The van der Waals surface area contributed by atoms with E-state index < -0.39 is 0 Å². The highest BCUT2D eigenvalue weighted by molar-refractivity contribution is 5.97. The van der Waals surface area contributed by atoms with Crippen LogP contribution in [-0.2, 0) is 6.42 Å². The molecule has 4 rings (SSSR count). The van der Waals surface area contributed by atoms with Crippen LogP contribution in [0.15, 0.2) is 55.2 Å². The molecule has 0 radical (unpaired) electrons. The van der Waals surface area contributed by atoms with E-state index >= 15 is 0 Å². The lowest BCUT2D eigenvalue weighted by atomic mass is 9.93. The van der Waals surface area contributed by atoms with E-state index in [4.69, 9.17) is 5.26 Å². The van der Waals surface area contributed by atoms with Crippen LogP contribution in [0.5, 0.6) is 0 Å². The van der Waals surface area contributed by atoms with Crippen molar-refractivity contribution in [3.05, 3.63) is 77.5 Å². The van der Waals surface area contributed by atoms with Gasteiger partial charge in [-0.15, -0.1) is 0 Å². The fraction of sp³-hybridized carbons (Fsp3) is 0.130. The van der Waals surface area contributed by atoms with Gasteiger partial charge in [-0.1, -0.05) is 24.3 Å². The largest absolute Gasteiger partial charge is 0.345 e.